The summed E-state index contributed by atoms with van der Waals surface area (Å²) < 4.78 is 17.0. The number of anilines is 1. The lowest BCUT2D eigenvalue weighted by Gasteiger charge is -2.18. The normalized spacial score (nSPS) is 31.4. The minimum Gasteiger partial charge on any atom is -0.378 e. The lowest BCUT2D eigenvalue weighted by molar-refractivity contribution is -0.00824. The number of ether oxygens (including phenoxy) is 3. The molecule has 0 unspecified atom stereocenters. The molecule has 4 atom stereocenters. The average molecular weight is 292 g/mol. The van der Waals surface area contributed by atoms with Crippen molar-refractivity contribution in [1.82, 2.24) is 5.32 Å². The third-order valence-corrected chi connectivity index (χ3v) is 4.33. The standard InChI is InChI=1S/C16H24N2O3/c1-18(2)12-6-4-11(5-7-12)8-17-13-9-20-16-14(19-3)10-21-15(13)16/h4-7,13-17H,8-10H2,1-3H3/t13-,14-,15-,16+/m1/s1. The Morgan fingerprint density at radius 3 is 2.52 bits per heavy atom. The Bertz CT molecular complexity index is 463. The molecule has 0 saturated carbocycles. The average Bonchev–Trinajstić information content (AvgIpc) is 3.07. The zero-order valence-electron chi connectivity index (χ0n) is 12.9. The highest BCUT2D eigenvalue weighted by Gasteiger charge is 2.47. The van der Waals surface area contributed by atoms with Crippen LogP contribution in [0.2, 0.25) is 0 Å². The van der Waals surface area contributed by atoms with Gasteiger partial charge in [0, 0.05) is 33.4 Å². The predicted octanol–water partition coefficient (Wildman–Crippen LogP) is 1.02. The topological polar surface area (TPSA) is 43.0 Å². The first-order valence-electron chi connectivity index (χ1n) is 7.44. The molecule has 3 rings (SSSR count). The number of hydrogen-bond acceptors (Lipinski definition) is 5. The van der Waals surface area contributed by atoms with E-state index in [1.807, 2.05) is 14.1 Å². The molecule has 0 bridgehead atoms. The zero-order chi connectivity index (χ0) is 14.8. The number of fused-ring (bicyclic) bond motifs is 1. The highest BCUT2D eigenvalue weighted by Crippen LogP contribution is 2.28. The van der Waals surface area contributed by atoms with Gasteiger partial charge in [-0.05, 0) is 17.7 Å². The van der Waals surface area contributed by atoms with Crippen LogP contribution in [0, 0.1) is 0 Å². The van der Waals surface area contributed by atoms with Crippen molar-refractivity contribution in [3.05, 3.63) is 29.8 Å². The van der Waals surface area contributed by atoms with Gasteiger partial charge in [0.15, 0.2) is 0 Å². The van der Waals surface area contributed by atoms with Gasteiger partial charge < -0.3 is 24.4 Å². The molecular formula is C16H24N2O3. The quantitative estimate of drug-likeness (QED) is 0.878. The van der Waals surface area contributed by atoms with Crippen molar-refractivity contribution in [2.75, 3.05) is 39.3 Å². The third kappa shape index (κ3) is 3.06. The molecule has 0 spiro atoms. The first kappa shape index (κ1) is 14.8. The van der Waals surface area contributed by atoms with E-state index < -0.39 is 0 Å². The number of benzene rings is 1. The Balaban J connectivity index is 1.54. The van der Waals surface area contributed by atoms with Gasteiger partial charge in [0.05, 0.1) is 19.3 Å². The number of nitrogens with one attached hydrogen (secondary N) is 1. The van der Waals surface area contributed by atoms with Crippen molar-refractivity contribution in [3.63, 3.8) is 0 Å². The molecule has 5 nitrogen and oxygen atoms in total. The van der Waals surface area contributed by atoms with E-state index in [0.717, 1.165) is 6.54 Å². The minimum atomic E-state index is 0.0705. The lowest BCUT2D eigenvalue weighted by Crippen LogP contribution is -2.40. The SMILES string of the molecule is CO[C@@H]1CO[C@H]2[C@H]1OC[C@H]2NCc1ccc(N(C)C)cc1. The van der Waals surface area contributed by atoms with Gasteiger partial charge in [-0.2, -0.15) is 0 Å². The fraction of sp³-hybridized carbons (Fsp3) is 0.625. The van der Waals surface area contributed by atoms with Gasteiger partial charge in [0.25, 0.3) is 0 Å². The Morgan fingerprint density at radius 1 is 1.14 bits per heavy atom. The van der Waals surface area contributed by atoms with Gasteiger partial charge in [0.1, 0.15) is 18.3 Å². The maximum atomic E-state index is 5.81. The first-order valence-corrected chi connectivity index (χ1v) is 7.44. The molecule has 2 saturated heterocycles. The molecule has 0 radical (unpaired) electrons. The van der Waals surface area contributed by atoms with Gasteiger partial charge >= 0.3 is 0 Å². The number of rotatable bonds is 5. The summed E-state index contributed by atoms with van der Waals surface area (Å²) in [6.45, 7) is 2.14. The van der Waals surface area contributed by atoms with Crippen molar-refractivity contribution in [1.29, 1.82) is 0 Å². The highest BCUT2D eigenvalue weighted by molar-refractivity contribution is 5.45. The molecule has 21 heavy (non-hydrogen) atoms. The molecule has 2 heterocycles. The molecule has 0 aliphatic carbocycles. The van der Waals surface area contributed by atoms with E-state index in [0.29, 0.717) is 13.2 Å². The van der Waals surface area contributed by atoms with Crippen LogP contribution in [0.4, 0.5) is 5.69 Å². The van der Waals surface area contributed by atoms with Crippen LogP contribution < -0.4 is 10.2 Å². The summed E-state index contributed by atoms with van der Waals surface area (Å²) in [5.74, 6) is 0. The van der Waals surface area contributed by atoms with Crippen LogP contribution in [-0.4, -0.2) is 58.8 Å². The molecule has 0 amide bonds. The molecule has 1 N–H and O–H groups in total. The van der Waals surface area contributed by atoms with Crippen LogP contribution in [-0.2, 0) is 20.8 Å². The van der Waals surface area contributed by atoms with E-state index in [1.54, 1.807) is 7.11 Å². The van der Waals surface area contributed by atoms with Gasteiger partial charge in [-0.25, -0.2) is 0 Å². The number of methoxy groups -OCH3 is 1. The summed E-state index contributed by atoms with van der Waals surface area (Å²) in [5.41, 5.74) is 2.48. The van der Waals surface area contributed by atoms with Gasteiger partial charge in [-0.1, -0.05) is 12.1 Å². The van der Waals surface area contributed by atoms with Crippen LogP contribution in [0.1, 0.15) is 5.56 Å². The minimum absolute atomic E-state index is 0.0705. The van der Waals surface area contributed by atoms with Crippen LogP contribution in [0.3, 0.4) is 0 Å². The summed E-state index contributed by atoms with van der Waals surface area (Å²) in [5, 5.41) is 3.54. The Kier molecular flexibility index (Phi) is 4.45. The molecule has 0 aromatic heterocycles. The van der Waals surface area contributed by atoms with Gasteiger partial charge in [0.2, 0.25) is 0 Å². The number of nitrogens with zero attached hydrogens (tertiary/aromatic N) is 1. The van der Waals surface area contributed by atoms with E-state index in [4.69, 9.17) is 14.2 Å². The third-order valence-electron chi connectivity index (χ3n) is 4.33. The molecule has 2 aliphatic rings. The van der Waals surface area contributed by atoms with Crippen LogP contribution in [0.25, 0.3) is 0 Å². The molecule has 1 aromatic rings. The summed E-state index contributed by atoms with van der Waals surface area (Å²) in [7, 11) is 5.81. The van der Waals surface area contributed by atoms with E-state index >= 15 is 0 Å². The molecule has 5 heteroatoms. The van der Waals surface area contributed by atoms with Gasteiger partial charge in [-0.3, -0.25) is 0 Å². The maximum absolute atomic E-state index is 5.81. The zero-order valence-corrected chi connectivity index (χ0v) is 12.9. The van der Waals surface area contributed by atoms with Crippen LogP contribution in [0.5, 0.6) is 0 Å². The number of hydrogen-bond donors (Lipinski definition) is 1. The largest absolute Gasteiger partial charge is 0.378 e. The second kappa shape index (κ2) is 6.32. The Labute approximate surface area is 126 Å². The summed E-state index contributed by atoms with van der Waals surface area (Å²) >= 11 is 0. The second-order valence-corrected chi connectivity index (χ2v) is 5.92. The van der Waals surface area contributed by atoms with Crippen molar-refractivity contribution in [2.24, 2.45) is 0 Å². The Morgan fingerprint density at radius 2 is 1.86 bits per heavy atom. The Hall–Kier alpha value is -1.14. The van der Waals surface area contributed by atoms with Crippen molar-refractivity contribution >= 4 is 5.69 Å². The molecular weight excluding hydrogens is 268 g/mol. The van der Waals surface area contributed by atoms with E-state index in [9.17, 15) is 0 Å². The monoisotopic (exact) mass is 292 g/mol. The molecule has 116 valence electrons. The second-order valence-electron chi connectivity index (χ2n) is 5.92. The predicted molar refractivity (Wildman–Crippen MR) is 81.7 cm³/mol. The fourth-order valence-corrected chi connectivity index (χ4v) is 3.00. The van der Waals surface area contributed by atoms with E-state index in [-0.39, 0.29) is 24.4 Å². The van der Waals surface area contributed by atoms with Crippen molar-refractivity contribution in [3.8, 4) is 0 Å². The van der Waals surface area contributed by atoms with E-state index in [1.165, 1.54) is 11.3 Å². The maximum Gasteiger partial charge on any atom is 0.114 e. The first-order chi connectivity index (χ1) is 10.2. The van der Waals surface area contributed by atoms with Crippen molar-refractivity contribution < 1.29 is 14.2 Å². The van der Waals surface area contributed by atoms with Crippen LogP contribution in [0.15, 0.2) is 24.3 Å². The summed E-state index contributed by atoms with van der Waals surface area (Å²) in [6, 6.07) is 8.82. The fourth-order valence-electron chi connectivity index (χ4n) is 3.00. The summed E-state index contributed by atoms with van der Waals surface area (Å²) in [4.78, 5) is 2.10. The van der Waals surface area contributed by atoms with E-state index in [2.05, 4.69) is 34.5 Å². The molecule has 1 aromatic carbocycles. The summed E-state index contributed by atoms with van der Waals surface area (Å²) in [6.07, 6.45) is 0.251. The lowest BCUT2D eigenvalue weighted by atomic mass is 10.1. The molecule has 2 aliphatic heterocycles. The molecule has 2 fully saturated rings. The van der Waals surface area contributed by atoms with Gasteiger partial charge in [-0.15, -0.1) is 0 Å². The van der Waals surface area contributed by atoms with Crippen LogP contribution >= 0.6 is 0 Å². The highest BCUT2D eigenvalue weighted by atomic mass is 16.6. The van der Waals surface area contributed by atoms with Crippen molar-refractivity contribution in [2.45, 2.75) is 30.9 Å². The smallest absolute Gasteiger partial charge is 0.114 e.